The summed E-state index contributed by atoms with van der Waals surface area (Å²) in [6.07, 6.45) is 3.35. The van der Waals surface area contributed by atoms with Crippen molar-refractivity contribution in [3.05, 3.63) is 70.3 Å². The van der Waals surface area contributed by atoms with Gasteiger partial charge in [-0.2, -0.15) is 0 Å². The largest absolute Gasteiger partial charge is 0.598 e. The number of nitrogens with zero attached hydrogens (tertiary/aromatic N) is 5. The predicted molar refractivity (Wildman–Crippen MR) is 116 cm³/mol. The molecule has 0 aliphatic carbocycles. The maximum Gasteiger partial charge on any atom is 0.283 e. The number of rotatable bonds is 5. The Kier molecular flexibility index (Phi) is 5.94. The molecule has 1 unspecified atom stereocenters. The molecular weight excluding hydrogens is 418 g/mol. The maximum atomic E-state index is 13.2. The summed E-state index contributed by atoms with van der Waals surface area (Å²) >= 11 is 0. The fraction of sp³-hybridized carbons (Fsp3) is 0.333. The van der Waals surface area contributed by atoms with Crippen LogP contribution >= 0.6 is 0 Å². The second-order valence-electron chi connectivity index (χ2n) is 7.45. The molecule has 9 nitrogen and oxygen atoms in total. The Hall–Kier alpha value is -2.95. The van der Waals surface area contributed by atoms with Crippen LogP contribution in [0.2, 0.25) is 0 Å². The normalized spacial score (nSPS) is 16.9. The van der Waals surface area contributed by atoms with Gasteiger partial charge in [-0.1, -0.05) is 34.5 Å². The number of benzene rings is 1. The Balaban J connectivity index is 1.64. The Morgan fingerprint density at radius 1 is 1.10 bits per heavy atom. The van der Waals surface area contributed by atoms with E-state index < -0.39 is 21.9 Å². The third-order valence-corrected chi connectivity index (χ3v) is 6.67. The zero-order valence-corrected chi connectivity index (χ0v) is 18.0. The number of aromatic nitrogens is 3. The number of hydrogen-bond donors (Lipinski definition) is 0. The van der Waals surface area contributed by atoms with Crippen LogP contribution in [0.1, 0.15) is 16.1 Å². The SMILES string of the molecule is C[S+](=O)([O-])N1CCN(C(=O)c2nc3cccnc3n(CCc3ccccc3)c2=O)CC1. The topological polar surface area (TPSA) is 111 Å². The van der Waals surface area contributed by atoms with Gasteiger partial charge in [-0.25, -0.2) is 9.97 Å². The molecule has 4 rings (SSSR count). The van der Waals surface area contributed by atoms with E-state index in [1.807, 2.05) is 30.3 Å². The molecule has 10 heteroatoms. The first kappa shape index (κ1) is 21.3. The number of pyridine rings is 1. The van der Waals surface area contributed by atoms with Gasteiger partial charge in [-0.3, -0.25) is 14.2 Å². The van der Waals surface area contributed by atoms with Crippen LogP contribution in [0.4, 0.5) is 0 Å². The molecule has 0 bridgehead atoms. The molecule has 1 fully saturated rings. The van der Waals surface area contributed by atoms with Crippen molar-refractivity contribution in [1.82, 2.24) is 23.7 Å². The number of carbonyl (C=O) groups is 1. The lowest BCUT2D eigenvalue weighted by atomic mass is 10.1. The number of hydrogen-bond acceptors (Lipinski definition) is 6. The second-order valence-corrected chi connectivity index (χ2v) is 9.44. The van der Waals surface area contributed by atoms with Crippen LogP contribution in [0.15, 0.2) is 53.5 Å². The standard InChI is InChI=1S/C21H23N5O4S/c1-31(29,30)25-14-12-24(13-15-25)20(27)18-21(28)26(11-9-16-6-3-2-4-7-16)19-17(23-18)8-5-10-22-19/h2-8,10H,9,11-15H2,1H3. The average Bonchev–Trinajstić information content (AvgIpc) is 2.78. The van der Waals surface area contributed by atoms with Gasteiger partial charge in [0.2, 0.25) is 0 Å². The highest BCUT2D eigenvalue weighted by atomic mass is 32.3. The van der Waals surface area contributed by atoms with Crippen molar-refractivity contribution >= 4 is 27.5 Å². The van der Waals surface area contributed by atoms with E-state index >= 15 is 0 Å². The summed E-state index contributed by atoms with van der Waals surface area (Å²) < 4.78 is 26.3. The molecule has 0 saturated carbocycles. The summed E-state index contributed by atoms with van der Waals surface area (Å²) in [7, 11) is -3.31. The van der Waals surface area contributed by atoms with Gasteiger partial charge in [0, 0.05) is 25.8 Å². The Bertz CT molecular complexity index is 1200. The minimum absolute atomic E-state index is 0.165. The fourth-order valence-corrected chi connectivity index (χ4v) is 4.51. The van der Waals surface area contributed by atoms with Crippen LogP contribution in [-0.4, -0.2) is 66.6 Å². The lowest BCUT2D eigenvalue weighted by molar-refractivity contribution is 0.0685. The lowest BCUT2D eigenvalue weighted by Gasteiger charge is -2.34. The summed E-state index contributed by atoms with van der Waals surface area (Å²) in [5, 5.41) is 0. The number of carbonyl (C=O) groups excluding carboxylic acids is 1. The molecule has 1 saturated heterocycles. The van der Waals surface area contributed by atoms with Crippen LogP contribution in [-0.2, 0) is 27.6 Å². The highest BCUT2D eigenvalue weighted by Gasteiger charge is 2.31. The number of fused-ring (bicyclic) bond motifs is 1. The van der Waals surface area contributed by atoms with Gasteiger partial charge < -0.3 is 9.45 Å². The molecular formula is C21H23N5O4S. The van der Waals surface area contributed by atoms with E-state index in [4.69, 9.17) is 0 Å². The van der Waals surface area contributed by atoms with Gasteiger partial charge in [0.05, 0.1) is 13.1 Å². The molecule has 31 heavy (non-hydrogen) atoms. The first-order valence-corrected chi connectivity index (χ1v) is 11.8. The van der Waals surface area contributed by atoms with Crippen molar-refractivity contribution in [2.45, 2.75) is 13.0 Å². The van der Waals surface area contributed by atoms with Crippen LogP contribution in [0, 0.1) is 0 Å². The molecule has 162 valence electrons. The molecule has 3 heterocycles. The molecule has 1 aliphatic rings. The van der Waals surface area contributed by atoms with Crippen LogP contribution in [0.3, 0.4) is 0 Å². The molecule has 1 aliphatic heterocycles. The zero-order valence-electron chi connectivity index (χ0n) is 17.1. The zero-order chi connectivity index (χ0) is 22.0. The van der Waals surface area contributed by atoms with Gasteiger partial charge in [-0.15, -0.1) is 4.31 Å². The van der Waals surface area contributed by atoms with E-state index in [0.717, 1.165) is 11.8 Å². The van der Waals surface area contributed by atoms with Crippen molar-refractivity contribution in [3.63, 3.8) is 0 Å². The van der Waals surface area contributed by atoms with Crippen molar-refractivity contribution < 1.29 is 13.6 Å². The van der Waals surface area contributed by atoms with E-state index in [9.17, 15) is 18.4 Å². The predicted octanol–water partition coefficient (Wildman–Crippen LogP) is 0.967. The van der Waals surface area contributed by atoms with E-state index in [-0.39, 0.29) is 31.9 Å². The van der Waals surface area contributed by atoms with Gasteiger partial charge in [0.15, 0.2) is 11.3 Å². The van der Waals surface area contributed by atoms with Crippen LogP contribution < -0.4 is 5.56 Å². The summed E-state index contributed by atoms with van der Waals surface area (Å²) in [6.45, 7) is 1.18. The van der Waals surface area contributed by atoms with E-state index in [1.165, 1.54) is 13.8 Å². The molecule has 3 aromatic rings. The monoisotopic (exact) mass is 441 g/mol. The Morgan fingerprint density at radius 3 is 2.48 bits per heavy atom. The van der Waals surface area contributed by atoms with E-state index in [2.05, 4.69) is 9.97 Å². The van der Waals surface area contributed by atoms with Gasteiger partial charge >= 0.3 is 0 Å². The number of piperazine rings is 1. The minimum atomic E-state index is -3.31. The van der Waals surface area contributed by atoms with Crippen molar-refractivity contribution in [1.29, 1.82) is 0 Å². The molecule has 1 amide bonds. The van der Waals surface area contributed by atoms with Gasteiger partial charge in [0.1, 0.15) is 22.2 Å². The van der Waals surface area contributed by atoms with Crippen molar-refractivity contribution in [2.24, 2.45) is 0 Å². The first-order valence-electron chi connectivity index (χ1n) is 9.98. The Labute approximate surface area is 180 Å². The highest BCUT2D eigenvalue weighted by molar-refractivity contribution is 7.94. The average molecular weight is 442 g/mol. The minimum Gasteiger partial charge on any atom is -0.598 e. The van der Waals surface area contributed by atoms with Crippen LogP contribution in [0.25, 0.3) is 11.2 Å². The summed E-state index contributed by atoms with van der Waals surface area (Å²) in [5.74, 6) is -0.489. The maximum absolute atomic E-state index is 13.2. The smallest absolute Gasteiger partial charge is 0.283 e. The lowest BCUT2D eigenvalue weighted by Crippen LogP contribution is -2.52. The van der Waals surface area contributed by atoms with Crippen LogP contribution in [0.5, 0.6) is 0 Å². The molecule has 1 atom stereocenters. The fourth-order valence-electron chi connectivity index (χ4n) is 3.68. The van der Waals surface area contributed by atoms with Crippen molar-refractivity contribution in [2.75, 3.05) is 32.4 Å². The molecule has 0 N–H and O–H groups in total. The third kappa shape index (κ3) is 4.55. The highest BCUT2D eigenvalue weighted by Crippen LogP contribution is 2.13. The Morgan fingerprint density at radius 2 is 1.81 bits per heavy atom. The van der Waals surface area contributed by atoms with E-state index in [0.29, 0.717) is 24.1 Å². The van der Waals surface area contributed by atoms with E-state index in [1.54, 1.807) is 18.3 Å². The third-order valence-electron chi connectivity index (χ3n) is 5.37. The molecule has 0 radical (unpaired) electrons. The number of aryl methyl sites for hydroxylation is 2. The summed E-state index contributed by atoms with van der Waals surface area (Å²) in [6, 6.07) is 13.2. The summed E-state index contributed by atoms with van der Waals surface area (Å²) in [5.41, 5.74) is 1.31. The number of amides is 1. The number of sulfonamides is 1. The second kappa shape index (κ2) is 8.66. The quantitative estimate of drug-likeness (QED) is 0.546. The van der Waals surface area contributed by atoms with Gasteiger partial charge in [0.25, 0.3) is 11.5 Å². The molecule has 0 spiro atoms. The molecule has 1 aromatic carbocycles. The summed E-state index contributed by atoms with van der Waals surface area (Å²) in [4.78, 5) is 36.4. The van der Waals surface area contributed by atoms with Crippen molar-refractivity contribution in [3.8, 4) is 0 Å². The first-order chi connectivity index (χ1) is 14.8. The van der Waals surface area contributed by atoms with Gasteiger partial charge in [-0.05, 0) is 24.1 Å². The molecule has 2 aromatic heterocycles.